The van der Waals surface area contributed by atoms with Crippen molar-refractivity contribution in [2.45, 2.75) is 50.1 Å². The first kappa shape index (κ1) is 19.5. The lowest BCUT2D eigenvalue weighted by atomic mass is 9.97. The number of nitrogens with zero attached hydrogens (tertiary/aromatic N) is 2. The van der Waals surface area contributed by atoms with Gasteiger partial charge in [0.05, 0.1) is 22.9 Å². The molecule has 142 valence electrons. The standard InChI is InChI=1S/C21H23FN2O2S/c1-3-16(14-23)20-12-13-21(17-6-8-18(22)9-7-17)24(20)27(25,26)19-10-4-15(2)5-11-19/h4-11,16,20-21H,3,12-13H2,1-2H3. The van der Waals surface area contributed by atoms with Gasteiger partial charge in [-0.05, 0) is 56.0 Å². The van der Waals surface area contributed by atoms with Crippen LogP contribution in [0.2, 0.25) is 0 Å². The highest BCUT2D eigenvalue weighted by Crippen LogP contribution is 2.43. The van der Waals surface area contributed by atoms with Gasteiger partial charge in [-0.15, -0.1) is 0 Å². The molecular weight excluding hydrogens is 363 g/mol. The van der Waals surface area contributed by atoms with E-state index in [9.17, 15) is 18.1 Å². The minimum Gasteiger partial charge on any atom is -0.207 e. The normalized spacial score (nSPS) is 21.7. The Morgan fingerprint density at radius 3 is 2.33 bits per heavy atom. The molecule has 0 radical (unpaired) electrons. The molecule has 4 nitrogen and oxygen atoms in total. The van der Waals surface area contributed by atoms with Gasteiger partial charge in [0.25, 0.3) is 0 Å². The monoisotopic (exact) mass is 386 g/mol. The summed E-state index contributed by atoms with van der Waals surface area (Å²) in [6.07, 6.45) is 1.80. The van der Waals surface area contributed by atoms with Crippen molar-refractivity contribution in [1.29, 1.82) is 5.26 Å². The highest BCUT2D eigenvalue weighted by molar-refractivity contribution is 7.89. The lowest BCUT2D eigenvalue weighted by Gasteiger charge is -2.31. The largest absolute Gasteiger partial charge is 0.243 e. The molecule has 1 aliphatic heterocycles. The van der Waals surface area contributed by atoms with Gasteiger partial charge in [-0.2, -0.15) is 9.57 Å². The molecule has 0 saturated carbocycles. The Morgan fingerprint density at radius 2 is 1.78 bits per heavy atom. The molecule has 1 fully saturated rings. The van der Waals surface area contributed by atoms with Crippen LogP contribution in [0.4, 0.5) is 4.39 Å². The number of nitriles is 1. The molecule has 0 N–H and O–H groups in total. The molecule has 3 unspecified atom stereocenters. The van der Waals surface area contributed by atoms with Crippen LogP contribution < -0.4 is 0 Å². The number of hydrogen-bond acceptors (Lipinski definition) is 3. The van der Waals surface area contributed by atoms with E-state index in [-0.39, 0.29) is 22.7 Å². The Balaban J connectivity index is 2.08. The topological polar surface area (TPSA) is 61.2 Å². The molecule has 27 heavy (non-hydrogen) atoms. The summed E-state index contributed by atoms with van der Waals surface area (Å²) >= 11 is 0. The number of hydrogen-bond donors (Lipinski definition) is 0. The van der Waals surface area contributed by atoms with Gasteiger partial charge in [-0.3, -0.25) is 0 Å². The maximum atomic E-state index is 13.5. The predicted molar refractivity (Wildman–Crippen MR) is 102 cm³/mol. The summed E-state index contributed by atoms with van der Waals surface area (Å²) in [6, 6.07) is 14.2. The summed E-state index contributed by atoms with van der Waals surface area (Å²) in [7, 11) is -3.79. The molecule has 3 rings (SSSR count). The SMILES string of the molecule is CCC(C#N)C1CCC(c2ccc(F)cc2)N1S(=O)(=O)c1ccc(C)cc1. The van der Waals surface area contributed by atoms with E-state index in [1.807, 2.05) is 13.8 Å². The number of aryl methyl sites for hydroxylation is 1. The second-order valence-corrected chi connectivity index (χ2v) is 8.85. The summed E-state index contributed by atoms with van der Waals surface area (Å²) in [5.41, 5.74) is 1.73. The molecule has 0 spiro atoms. The number of rotatable bonds is 5. The lowest BCUT2D eigenvalue weighted by Crippen LogP contribution is -2.41. The van der Waals surface area contributed by atoms with E-state index in [4.69, 9.17) is 0 Å². The lowest BCUT2D eigenvalue weighted by molar-refractivity contribution is 0.277. The minimum absolute atomic E-state index is 0.222. The van der Waals surface area contributed by atoms with Crippen LogP contribution in [0.25, 0.3) is 0 Å². The average Bonchev–Trinajstić information content (AvgIpc) is 3.09. The summed E-state index contributed by atoms with van der Waals surface area (Å²) in [5.74, 6) is -0.736. The number of benzene rings is 2. The molecule has 6 heteroatoms. The van der Waals surface area contributed by atoms with Crippen LogP contribution in [0.3, 0.4) is 0 Å². The molecule has 2 aromatic carbocycles. The Morgan fingerprint density at radius 1 is 1.15 bits per heavy atom. The van der Waals surface area contributed by atoms with Gasteiger partial charge in [0, 0.05) is 6.04 Å². The fourth-order valence-electron chi connectivity index (χ4n) is 3.82. The van der Waals surface area contributed by atoms with Crippen LogP contribution in [-0.4, -0.2) is 18.8 Å². The molecule has 0 aromatic heterocycles. The third-order valence-corrected chi connectivity index (χ3v) is 7.24. The second-order valence-electron chi connectivity index (χ2n) is 7.00. The van der Waals surface area contributed by atoms with E-state index in [1.165, 1.54) is 16.4 Å². The van der Waals surface area contributed by atoms with Gasteiger partial charge < -0.3 is 0 Å². The fraction of sp³-hybridized carbons (Fsp3) is 0.381. The van der Waals surface area contributed by atoms with Crippen molar-refractivity contribution in [3.05, 3.63) is 65.5 Å². The molecule has 1 saturated heterocycles. The fourth-order valence-corrected chi connectivity index (χ4v) is 5.71. The first-order chi connectivity index (χ1) is 12.9. The van der Waals surface area contributed by atoms with Crippen LogP contribution in [0.5, 0.6) is 0 Å². The van der Waals surface area contributed by atoms with E-state index in [0.29, 0.717) is 19.3 Å². The second kappa shape index (κ2) is 7.79. The van der Waals surface area contributed by atoms with Gasteiger partial charge in [-0.1, -0.05) is 36.8 Å². The molecule has 1 aliphatic rings. The zero-order chi connectivity index (χ0) is 19.6. The average molecular weight is 386 g/mol. The van der Waals surface area contributed by atoms with E-state index < -0.39 is 16.1 Å². The Hall–Kier alpha value is -2.23. The van der Waals surface area contributed by atoms with Gasteiger partial charge in [-0.25, -0.2) is 12.8 Å². The van der Waals surface area contributed by atoms with Gasteiger partial charge >= 0.3 is 0 Å². The van der Waals surface area contributed by atoms with E-state index in [0.717, 1.165) is 11.1 Å². The molecule has 1 heterocycles. The van der Waals surface area contributed by atoms with Gasteiger partial charge in [0.15, 0.2) is 0 Å². The molecule has 2 aromatic rings. The van der Waals surface area contributed by atoms with Gasteiger partial charge in [0.1, 0.15) is 5.82 Å². The van der Waals surface area contributed by atoms with Gasteiger partial charge in [0.2, 0.25) is 10.0 Å². The van der Waals surface area contributed by atoms with Crippen molar-refractivity contribution in [2.24, 2.45) is 5.92 Å². The van der Waals surface area contributed by atoms with E-state index in [1.54, 1.807) is 36.4 Å². The zero-order valence-electron chi connectivity index (χ0n) is 15.5. The van der Waals surface area contributed by atoms with Crippen molar-refractivity contribution in [1.82, 2.24) is 4.31 Å². The number of sulfonamides is 1. The van der Waals surface area contributed by atoms with Crippen LogP contribution in [0, 0.1) is 30.0 Å². The summed E-state index contributed by atoms with van der Waals surface area (Å²) in [6.45, 7) is 3.80. The third-order valence-electron chi connectivity index (χ3n) is 5.29. The Labute approximate surface area is 160 Å². The van der Waals surface area contributed by atoms with Crippen LogP contribution in [-0.2, 0) is 10.0 Å². The smallest absolute Gasteiger partial charge is 0.207 e. The molecule has 0 amide bonds. The van der Waals surface area contributed by atoms with Crippen molar-refractivity contribution in [3.8, 4) is 6.07 Å². The van der Waals surface area contributed by atoms with Crippen molar-refractivity contribution >= 4 is 10.0 Å². The first-order valence-corrected chi connectivity index (χ1v) is 10.6. The first-order valence-electron chi connectivity index (χ1n) is 9.13. The minimum atomic E-state index is -3.79. The van der Waals surface area contributed by atoms with Crippen LogP contribution in [0.15, 0.2) is 53.4 Å². The van der Waals surface area contributed by atoms with Crippen molar-refractivity contribution in [2.75, 3.05) is 0 Å². The Kier molecular flexibility index (Phi) is 5.64. The predicted octanol–water partition coefficient (Wildman–Crippen LogP) is 4.58. The molecule has 0 bridgehead atoms. The summed E-state index contributed by atoms with van der Waals surface area (Å²) in [5, 5.41) is 9.55. The summed E-state index contributed by atoms with van der Waals surface area (Å²) in [4.78, 5) is 0.222. The van der Waals surface area contributed by atoms with Crippen molar-refractivity contribution < 1.29 is 12.8 Å². The highest BCUT2D eigenvalue weighted by atomic mass is 32.2. The maximum Gasteiger partial charge on any atom is 0.243 e. The molecule has 3 atom stereocenters. The van der Waals surface area contributed by atoms with Crippen molar-refractivity contribution in [3.63, 3.8) is 0 Å². The molecular formula is C21H23FN2O2S. The maximum absolute atomic E-state index is 13.5. The zero-order valence-corrected chi connectivity index (χ0v) is 16.3. The quantitative estimate of drug-likeness (QED) is 0.756. The third kappa shape index (κ3) is 3.76. The van der Waals surface area contributed by atoms with E-state index in [2.05, 4.69) is 6.07 Å². The van der Waals surface area contributed by atoms with Crippen LogP contribution in [0.1, 0.15) is 43.4 Å². The number of halogens is 1. The summed E-state index contributed by atoms with van der Waals surface area (Å²) < 4.78 is 41.8. The Bertz CT molecular complexity index is 934. The molecule has 0 aliphatic carbocycles. The van der Waals surface area contributed by atoms with Crippen LogP contribution >= 0.6 is 0 Å². The highest BCUT2D eigenvalue weighted by Gasteiger charge is 2.45. The van der Waals surface area contributed by atoms with E-state index >= 15 is 0 Å².